The van der Waals surface area contributed by atoms with Crippen LogP contribution in [0.1, 0.15) is 19.3 Å². The molecule has 1 aliphatic rings. The van der Waals surface area contributed by atoms with Gasteiger partial charge in [0.2, 0.25) is 5.91 Å². The molecule has 3 nitrogen and oxygen atoms in total. The molecule has 0 aliphatic carbocycles. The summed E-state index contributed by atoms with van der Waals surface area (Å²) in [6, 6.07) is 0.103. The van der Waals surface area contributed by atoms with E-state index in [0.29, 0.717) is 24.3 Å². The third-order valence-corrected chi connectivity index (χ3v) is 3.41. The van der Waals surface area contributed by atoms with E-state index in [1.165, 1.54) is 0 Å². The summed E-state index contributed by atoms with van der Waals surface area (Å²) >= 11 is 0. The largest absolute Gasteiger partial charge is 0.352 e. The summed E-state index contributed by atoms with van der Waals surface area (Å²) in [5.41, 5.74) is 0. The average Bonchev–Trinajstić information content (AvgIpc) is 2.48. The first-order valence-electron chi connectivity index (χ1n) is 4.30. The Labute approximate surface area is 80.7 Å². The normalized spacial score (nSPS) is 26.7. The molecule has 2 unspecified atom stereocenters. The highest BCUT2D eigenvalue weighted by Crippen LogP contribution is 2.07. The van der Waals surface area contributed by atoms with Crippen molar-refractivity contribution in [1.82, 2.24) is 5.32 Å². The van der Waals surface area contributed by atoms with Crippen LogP contribution in [0.15, 0.2) is 0 Å². The SMILES string of the molecule is C#CCCC(=O)NC1CCS(=O)C1. The second-order valence-electron chi connectivity index (χ2n) is 3.07. The van der Waals surface area contributed by atoms with Gasteiger partial charge >= 0.3 is 0 Å². The van der Waals surface area contributed by atoms with Gasteiger partial charge in [0.15, 0.2) is 0 Å². The predicted octanol–water partition coefficient (Wildman–Crippen LogP) is 0.0370. The van der Waals surface area contributed by atoms with Gasteiger partial charge < -0.3 is 5.32 Å². The van der Waals surface area contributed by atoms with Crippen molar-refractivity contribution in [1.29, 1.82) is 0 Å². The van der Waals surface area contributed by atoms with Gasteiger partial charge in [0.05, 0.1) is 0 Å². The Bertz CT molecular complexity index is 257. The van der Waals surface area contributed by atoms with E-state index in [2.05, 4.69) is 11.2 Å². The fourth-order valence-electron chi connectivity index (χ4n) is 1.26. The molecule has 1 fully saturated rings. The zero-order valence-corrected chi connectivity index (χ0v) is 8.23. The van der Waals surface area contributed by atoms with Crippen molar-refractivity contribution in [2.75, 3.05) is 11.5 Å². The Balaban J connectivity index is 2.21. The van der Waals surface area contributed by atoms with Gasteiger partial charge in [0.1, 0.15) is 0 Å². The van der Waals surface area contributed by atoms with Gasteiger partial charge in [0.25, 0.3) is 0 Å². The van der Waals surface area contributed by atoms with Gasteiger partial charge in [0, 0.05) is 41.2 Å². The highest BCUT2D eigenvalue weighted by atomic mass is 32.2. The molecule has 0 aromatic heterocycles. The van der Waals surface area contributed by atoms with Crippen LogP contribution in [0.3, 0.4) is 0 Å². The first kappa shape index (κ1) is 10.3. The smallest absolute Gasteiger partial charge is 0.221 e. The summed E-state index contributed by atoms with van der Waals surface area (Å²) in [7, 11) is -0.730. The van der Waals surface area contributed by atoms with Crippen LogP contribution in [0.4, 0.5) is 0 Å². The van der Waals surface area contributed by atoms with Crippen molar-refractivity contribution < 1.29 is 9.00 Å². The zero-order valence-electron chi connectivity index (χ0n) is 7.41. The van der Waals surface area contributed by atoms with Crippen LogP contribution in [0.2, 0.25) is 0 Å². The molecule has 13 heavy (non-hydrogen) atoms. The highest BCUT2D eigenvalue weighted by Gasteiger charge is 2.21. The molecule has 1 N–H and O–H groups in total. The molecular formula is C9H13NO2S. The first-order chi connectivity index (χ1) is 6.22. The number of amides is 1. The molecule has 1 heterocycles. The van der Waals surface area contributed by atoms with Gasteiger partial charge in [-0.3, -0.25) is 9.00 Å². The van der Waals surface area contributed by atoms with Crippen molar-refractivity contribution in [2.24, 2.45) is 0 Å². The van der Waals surface area contributed by atoms with E-state index in [1.54, 1.807) is 0 Å². The molecule has 0 aromatic rings. The van der Waals surface area contributed by atoms with E-state index in [-0.39, 0.29) is 11.9 Å². The van der Waals surface area contributed by atoms with Crippen molar-refractivity contribution >= 4 is 16.7 Å². The third-order valence-electron chi connectivity index (χ3n) is 1.94. The lowest BCUT2D eigenvalue weighted by atomic mass is 10.2. The van der Waals surface area contributed by atoms with Crippen LogP contribution in [0.5, 0.6) is 0 Å². The highest BCUT2D eigenvalue weighted by molar-refractivity contribution is 7.85. The maximum Gasteiger partial charge on any atom is 0.221 e. The number of terminal acetylenes is 1. The maximum absolute atomic E-state index is 11.2. The van der Waals surface area contributed by atoms with Crippen molar-refractivity contribution in [3.8, 4) is 12.3 Å². The van der Waals surface area contributed by atoms with E-state index in [0.717, 1.165) is 6.42 Å². The maximum atomic E-state index is 11.2. The Hall–Kier alpha value is -0.820. The van der Waals surface area contributed by atoms with E-state index >= 15 is 0 Å². The molecule has 0 saturated carbocycles. The summed E-state index contributed by atoms with van der Waals surface area (Å²) in [4.78, 5) is 11.2. The lowest BCUT2D eigenvalue weighted by molar-refractivity contribution is -0.121. The fourth-order valence-corrected chi connectivity index (χ4v) is 2.68. The number of nitrogens with one attached hydrogen (secondary N) is 1. The number of carbonyl (C=O) groups is 1. The molecule has 0 spiro atoms. The van der Waals surface area contributed by atoms with Crippen molar-refractivity contribution in [3.05, 3.63) is 0 Å². The summed E-state index contributed by atoms with van der Waals surface area (Å²) in [6.07, 6.45) is 6.70. The number of hydrogen-bond acceptors (Lipinski definition) is 2. The Kier molecular flexibility index (Phi) is 3.97. The van der Waals surface area contributed by atoms with Crippen LogP contribution in [-0.2, 0) is 15.6 Å². The quantitative estimate of drug-likeness (QED) is 0.652. The minimum Gasteiger partial charge on any atom is -0.352 e. The summed E-state index contributed by atoms with van der Waals surface area (Å²) in [5.74, 6) is 3.69. The van der Waals surface area contributed by atoms with Crippen molar-refractivity contribution in [3.63, 3.8) is 0 Å². The molecule has 1 saturated heterocycles. The first-order valence-corrected chi connectivity index (χ1v) is 5.79. The summed E-state index contributed by atoms with van der Waals surface area (Å²) < 4.78 is 11.0. The van der Waals surface area contributed by atoms with Gasteiger partial charge in [-0.1, -0.05) is 0 Å². The van der Waals surface area contributed by atoms with Crippen LogP contribution in [-0.4, -0.2) is 27.7 Å². The Morgan fingerprint density at radius 3 is 3.00 bits per heavy atom. The van der Waals surface area contributed by atoms with E-state index in [1.807, 2.05) is 0 Å². The minimum atomic E-state index is -0.730. The third kappa shape index (κ3) is 3.60. The average molecular weight is 199 g/mol. The standard InChI is InChI=1S/C9H13NO2S/c1-2-3-4-9(11)10-8-5-6-13(12)7-8/h1,8H,3-7H2,(H,10,11). The Morgan fingerprint density at radius 1 is 1.69 bits per heavy atom. The topological polar surface area (TPSA) is 46.2 Å². The van der Waals surface area contributed by atoms with E-state index in [4.69, 9.17) is 6.42 Å². The van der Waals surface area contributed by atoms with Crippen LogP contribution < -0.4 is 5.32 Å². The second-order valence-corrected chi connectivity index (χ2v) is 4.69. The number of hydrogen-bond donors (Lipinski definition) is 1. The van der Waals surface area contributed by atoms with Crippen LogP contribution in [0.25, 0.3) is 0 Å². The summed E-state index contributed by atoms with van der Waals surface area (Å²) in [6.45, 7) is 0. The monoisotopic (exact) mass is 199 g/mol. The van der Waals surface area contributed by atoms with Gasteiger partial charge in [-0.05, 0) is 6.42 Å². The summed E-state index contributed by atoms with van der Waals surface area (Å²) in [5, 5.41) is 2.82. The lowest BCUT2D eigenvalue weighted by Crippen LogP contribution is -2.34. The molecule has 4 heteroatoms. The molecule has 72 valence electrons. The molecule has 1 rings (SSSR count). The molecule has 1 aliphatic heterocycles. The van der Waals surface area contributed by atoms with Gasteiger partial charge in [-0.2, -0.15) is 0 Å². The van der Waals surface area contributed by atoms with E-state index in [9.17, 15) is 9.00 Å². The van der Waals surface area contributed by atoms with Gasteiger partial charge in [-0.15, -0.1) is 12.3 Å². The predicted molar refractivity (Wildman–Crippen MR) is 52.5 cm³/mol. The zero-order chi connectivity index (χ0) is 9.68. The molecule has 2 atom stereocenters. The second kappa shape index (κ2) is 5.03. The molecule has 0 radical (unpaired) electrons. The minimum absolute atomic E-state index is 0.0261. The number of rotatable bonds is 3. The molecular weight excluding hydrogens is 186 g/mol. The van der Waals surface area contributed by atoms with Crippen LogP contribution >= 0.6 is 0 Å². The fraction of sp³-hybridized carbons (Fsp3) is 0.667. The van der Waals surface area contributed by atoms with Crippen molar-refractivity contribution in [2.45, 2.75) is 25.3 Å². The molecule has 1 amide bonds. The van der Waals surface area contributed by atoms with E-state index < -0.39 is 10.8 Å². The van der Waals surface area contributed by atoms with Crippen LogP contribution in [0, 0.1) is 12.3 Å². The molecule has 0 aromatic carbocycles. The Morgan fingerprint density at radius 2 is 2.46 bits per heavy atom. The van der Waals surface area contributed by atoms with Gasteiger partial charge in [-0.25, -0.2) is 0 Å². The lowest BCUT2D eigenvalue weighted by Gasteiger charge is -2.09. The number of carbonyl (C=O) groups excluding carboxylic acids is 1. The molecule has 0 bridgehead atoms.